The fourth-order valence-corrected chi connectivity index (χ4v) is 16.6. The summed E-state index contributed by atoms with van der Waals surface area (Å²) in [7, 11) is 0. The van der Waals surface area contributed by atoms with Gasteiger partial charge in [-0.25, -0.2) is 0 Å². The first-order chi connectivity index (χ1) is 34.9. The summed E-state index contributed by atoms with van der Waals surface area (Å²) in [4.78, 5) is 9.14. The van der Waals surface area contributed by atoms with Crippen LogP contribution < -0.4 is 0 Å². The third-order valence-corrected chi connectivity index (χ3v) is 21.4. The van der Waals surface area contributed by atoms with Crippen molar-refractivity contribution >= 4 is 114 Å². The molecule has 0 heterocycles. The summed E-state index contributed by atoms with van der Waals surface area (Å²) in [5.41, 5.74) is 0. The zero-order valence-electron chi connectivity index (χ0n) is 46.1. The number of hydrogen-bond donors (Lipinski definition) is 0. The maximum Gasteiger partial charge on any atom is 0.0215 e. The Morgan fingerprint density at radius 3 is 0.634 bits per heavy atom. The molecule has 0 N–H and O–H groups in total. The van der Waals surface area contributed by atoms with Gasteiger partial charge < -0.3 is 0 Å². The summed E-state index contributed by atoms with van der Waals surface area (Å²) in [5.74, 6) is 7.28. The Hall–Kier alpha value is -0.210. The molecule has 0 aromatic heterocycles. The van der Waals surface area contributed by atoms with Gasteiger partial charge in [-0.2, -0.15) is 0 Å². The molecule has 0 saturated carbocycles. The van der Waals surface area contributed by atoms with Gasteiger partial charge in [0.05, 0.1) is 0 Å². The second kappa shape index (κ2) is 41.0. The van der Waals surface area contributed by atoms with Crippen molar-refractivity contribution in [3.05, 3.63) is 48.0 Å². The maximum atomic E-state index is 5.94. The molecule has 0 atom stereocenters. The van der Waals surface area contributed by atoms with Crippen LogP contribution in [0.25, 0.3) is 32.3 Å². The topological polar surface area (TPSA) is 0 Å². The lowest BCUT2D eigenvalue weighted by atomic mass is 9.94. The van der Waals surface area contributed by atoms with Crippen LogP contribution in [0.5, 0.6) is 0 Å². The van der Waals surface area contributed by atoms with E-state index in [2.05, 4.69) is 148 Å². The summed E-state index contributed by atoms with van der Waals surface area (Å²) in [5, 5.41) is 9.71. The van der Waals surface area contributed by atoms with E-state index in [0.717, 1.165) is 11.5 Å². The van der Waals surface area contributed by atoms with E-state index in [1.165, 1.54) is 302 Å². The van der Waals surface area contributed by atoms with E-state index < -0.39 is 0 Å². The molecular weight excluding hydrogens is 997 g/mol. The minimum Gasteiger partial charge on any atom is -0.125 e. The highest BCUT2D eigenvalue weighted by Gasteiger charge is 2.19. The molecule has 0 aliphatic carbocycles. The normalized spacial score (nSPS) is 11.9. The fraction of sp³-hybridized carbons (Fsp3) is 0.688. The monoisotopic (exact) mass is 1100 g/mol. The van der Waals surface area contributed by atoms with E-state index >= 15 is 0 Å². The number of unbranched alkanes of at least 4 members (excludes halogenated alkanes) is 26. The Bertz CT molecular complexity index is 1980. The lowest BCUT2D eigenvalue weighted by Crippen LogP contribution is -1.94. The van der Waals surface area contributed by atoms with Gasteiger partial charge in [0.2, 0.25) is 0 Å². The molecule has 4 aromatic rings. The average molecular weight is 1100 g/mol. The van der Waals surface area contributed by atoms with Crippen LogP contribution >= 0.6 is 82.2 Å². The van der Waals surface area contributed by atoms with Crippen molar-refractivity contribution in [2.45, 2.75) is 276 Å². The molecule has 4 rings (SSSR count). The lowest BCUT2D eigenvalue weighted by molar-refractivity contribution is 0.545. The van der Waals surface area contributed by atoms with E-state index in [4.69, 9.17) is 11.6 Å². The number of hydrogen-bond acceptors (Lipinski definition) is 6. The van der Waals surface area contributed by atoms with E-state index in [1.54, 1.807) is 0 Å². The first-order valence-electron chi connectivity index (χ1n) is 29.6. The van der Waals surface area contributed by atoms with Crippen LogP contribution in [0.4, 0.5) is 0 Å². The number of fused-ring (bicyclic) bond motifs is 6. The molecule has 0 aliphatic rings. The van der Waals surface area contributed by atoms with Crippen molar-refractivity contribution in [2.75, 3.05) is 34.5 Å². The third kappa shape index (κ3) is 25.2. The number of allylic oxidation sites excluding steroid dienone is 1. The van der Waals surface area contributed by atoms with Crippen molar-refractivity contribution in [3.8, 4) is 0 Å². The van der Waals surface area contributed by atoms with Gasteiger partial charge in [-0.3, -0.25) is 0 Å². The van der Waals surface area contributed by atoms with Gasteiger partial charge >= 0.3 is 0 Å². The predicted molar refractivity (Wildman–Crippen MR) is 339 cm³/mol. The summed E-state index contributed by atoms with van der Waals surface area (Å²) < 4.78 is 0. The second-order valence-electron chi connectivity index (χ2n) is 20.4. The van der Waals surface area contributed by atoms with Crippen LogP contribution in [0.15, 0.2) is 77.4 Å². The highest BCUT2D eigenvalue weighted by Crippen LogP contribution is 2.47. The third-order valence-electron chi connectivity index (χ3n) is 14.0. The number of benzene rings is 4. The molecule has 0 saturated heterocycles. The lowest BCUT2D eigenvalue weighted by Gasteiger charge is -2.20. The minimum absolute atomic E-state index is 0.816. The van der Waals surface area contributed by atoms with Gasteiger partial charge in [-0.1, -0.05) is 213 Å². The number of halogens is 1. The van der Waals surface area contributed by atoms with Crippen LogP contribution in [0, 0.1) is 0 Å². The molecule has 400 valence electrons. The average Bonchev–Trinajstić information content (AvgIpc) is 3.37. The predicted octanol–water partition coefficient (Wildman–Crippen LogP) is 25.4. The van der Waals surface area contributed by atoms with E-state index in [1.807, 2.05) is 0 Å². The molecule has 4 aromatic carbocycles. The summed E-state index contributed by atoms with van der Waals surface area (Å²) >= 11 is 18.8. The molecule has 0 aliphatic heterocycles. The van der Waals surface area contributed by atoms with E-state index in [9.17, 15) is 0 Å². The molecule has 0 unspecified atom stereocenters. The Morgan fingerprint density at radius 1 is 0.282 bits per heavy atom. The molecule has 7 heteroatoms. The quantitative estimate of drug-likeness (QED) is 0.0244. The first-order valence-corrected chi connectivity index (χ1v) is 35.9. The Labute approximate surface area is 469 Å². The first kappa shape index (κ1) is 63.3. The van der Waals surface area contributed by atoms with Crippen molar-refractivity contribution < 1.29 is 0 Å². The molecule has 0 amide bonds. The number of rotatable bonds is 46. The van der Waals surface area contributed by atoms with E-state index in [0.29, 0.717) is 0 Å². The Kier molecular flexibility index (Phi) is 36.5. The van der Waals surface area contributed by atoms with Gasteiger partial charge in [0.15, 0.2) is 0 Å². The summed E-state index contributed by atoms with van der Waals surface area (Å²) in [6.45, 7) is 15.5. The van der Waals surface area contributed by atoms with Crippen molar-refractivity contribution in [1.29, 1.82) is 0 Å². The second-order valence-corrected chi connectivity index (χ2v) is 27.8. The highest BCUT2D eigenvalue weighted by atomic mass is 35.5. The standard InChI is InChI=1S/C64H101ClS6/c1-7-12-17-33-40-66-59-46-53-54-47-60(67-41-34-18-13-8-2)62(69-43-36-20-15-10-4)49-56(54)58-51-64(71-45-38-31-29-27-25-23-22-24-26-28-30-32-39-52(6)65)63(70-44-37-21-16-11-5)50-57(58)55(53)48-61(59)68-42-35-19-14-9-3/h46-51H,6-45H2,1-5H3. The van der Waals surface area contributed by atoms with Gasteiger partial charge in [-0.05, 0) is 155 Å². The smallest absolute Gasteiger partial charge is 0.0215 e. The van der Waals surface area contributed by atoms with Crippen molar-refractivity contribution in [2.24, 2.45) is 0 Å². The molecule has 0 bridgehead atoms. The van der Waals surface area contributed by atoms with Gasteiger partial charge in [0, 0.05) is 34.4 Å². The van der Waals surface area contributed by atoms with Crippen LogP contribution in [0.2, 0.25) is 0 Å². The van der Waals surface area contributed by atoms with Gasteiger partial charge in [-0.15, -0.1) is 70.6 Å². The summed E-state index contributed by atoms with van der Waals surface area (Å²) in [6, 6.07) is 16.1. The largest absolute Gasteiger partial charge is 0.125 e. The van der Waals surface area contributed by atoms with Crippen molar-refractivity contribution in [3.63, 3.8) is 0 Å². The molecular formula is C64H101ClS6. The Morgan fingerprint density at radius 2 is 0.451 bits per heavy atom. The molecule has 0 radical (unpaired) electrons. The van der Waals surface area contributed by atoms with Crippen LogP contribution in [-0.2, 0) is 0 Å². The highest BCUT2D eigenvalue weighted by molar-refractivity contribution is 8.03. The fourth-order valence-electron chi connectivity index (χ4n) is 9.62. The van der Waals surface area contributed by atoms with Crippen molar-refractivity contribution in [1.82, 2.24) is 0 Å². The Balaban J connectivity index is 1.72. The minimum atomic E-state index is 0.816. The zero-order valence-corrected chi connectivity index (χ0v) is 51.7. The molecule has 0 spiro atoms. The summed E-state index contributed by atoms with van der Waals surface area (Å²) in [6.07, 6.45) is 43.7. The molecule has 71 heavy (non-hydrogen) atoms. The van der Waals surface area contributed by atoms with Gasteiger partial charge in [0.1, 0.15) is 0 Å². The van der Waals surface area contributed by atoms with Crippen LogP contribution in [-0.4, -0.2) is 34.5 Å². The SMILES string of the molecule is C=C(Cl)CCCCCCCCCCCCCCSc1cc2c3cc(SCCCCCC)c(SCCCCCC)cc3c3cc(SCCCCCC)c(SCCCCCC)cc3c2cc1SCCCCCC. The molecule has 0 fully saturated rings. The molecule has 0 nitrogen and oxygen atoms in total. The van der Waals surface area contributed by atoms with E-state index in [-0.39, 0.29) is 0 Å². The maximum absolute atomic E-state index is 5.94. The van der Waals surface area contributed by atoms with Crippen LogP contribution in [0.1, 0.15) is 247 Å². The van der Waals surface area contributed by atoms with Crippen LogP contribution in [0.3, 0.4) is 0 Å². The zero-order chi connectivity index (χ0) is 50.6. The van der Waals surface area contributed by atoms with Gasteiger partial charge in [0.25, 0.3) is 0 Å². The number of thioether (sulfide) groups is 6.